The van der Waals surface area contributed by atoms with Crippen LogP contribution in [0.3, 0.4) is 0 Å². The van der Waals surface area contributed by atoms with Crippen LogP contribution in [0, 0.1) is 0 Å². The summed E-state index contributed by atoms with van der Waals surface area (Å²) in [6, 6.07) is 53.7. The molecule has 0 saturated heterocycles. The number of hydrogen-bond acceptors (Lipinski definition) is 5. The molecule has 0 aliphatic rings. The Hall–Kier alpha value is -6.59. The number of nitrogens with zero attached hydrogens (tertiary/aromatic N) is 5. The molecule has 0 saturated carbocycles. The summed E-state index contributed by atoms with van der Waals surface area (Å²) < 4.78 is 0. The summed E-state index contributed by atoms with van der Waals surface area (Å²) in [6.45, 7) is 0. The number of hydrogen-bond donors (Lipinski definition) is 0. The van der Waals surface area contributed by atoms with Crippen LogP contribution < -0.4 is 0 Å². The summed E-state index contributed by atoms with van der Waals surface area (Å²) in [6.07, 6.45) is 1.79. The van der Waals surface area contributed by atoms with Crippen molar-refractivity contribution in [3.05, 3.63) is 164 Å². The lowest BCUT2D eigenvalue weighted by Gasteiger charge is -2.15. The Morgan fingerprint density at radius 3 is 1.56 bits per heavy atom. The molecule has 48 heavy (non-hydrogen) atoms. The summed E-state index contributed by atoms with van der Waals surface area (Å²) in [4.78, 5) is 25.3. The average molecular weight is 614 g/mol. The fourth-order valence-corrected chi connectivity index (χ4v) is 6.33. The van der Waals surface area contributed by atoms with Crippen molar-refractivity contribution in [3.63, 3.8) is 0 Å². The Balaban J connectivity index is 1.22. The third-order valence-corrected chi connectivity index (χ3v) is 8.74. The number of aromatic nitrogens is 5. The van der Waals surface area contributed by atoms with Crippen molar-refractivity contribution < 1.29 is 0 Å². The molecule has 4 aromatic heterocycles. The lowest BCUT2D eigenvalue weighted by atomic mass is 9.95. The summed E-state index contributed by atoms with van der Waals surface area (Å²) in [5.74, 6) is 0. The highest BCUT2D eigenvalue weighted by Crippen LogP contribution is 2.38. The molecule has 0 amide bonds. The van der Waals surface area contributed by atoms with Crippen molar-refractivity contribution in [2.75, 3.05) is 0 Å². The van der Waals surface area contributed by atoms with Gasteiger partial charge >= 0.3 is 0 Å². The summed E-state index contributed by atoms with van der Waals surface area (Å²) in [5.41, 5.74) is 12.8. The fourth-order valence-electron chi connectivity index (χ4n) is 6.33. The van der Waals surface area contributed by atoms with Gasteiger partial charge in [0.25, 0.3) is 0 Å². The van der Waals surface area contributed by atoms with Gasteiger partial charge in [-0.1, -0.05) is 121 Å². The molecule has 5 heteroatoms. The van der Waals surface area contributed by atoms with Crippen molar-refractivity contribution in [3.8, 4) is 56.3 Å². The van der Waals surface area contributed by atoms with Crippen LogP contribution in [-0.4, -0.2) is 24.9 Å². The van der Waals surface area contributed by atoms with E-state index in [4.69, 9.17) is 19.9 Å². The molecule has 0 fully saturated rings. The molecular weight excluding hydrogens is 587 g/mol. The maximum absolute atomic E-state index is 5.27. The molecule has 0 unspecified atom stereocenters. The molecule has 224 valence electrons. The molecule has 5 nitrogen and oxygen atoms in total. The number of pyridine rings is 3. The highest BCUT2D eigenvalue weighted by molar-refractivity contribution is 6.04. The van der Waals surface area contributed by atoms with Crippen LogP contribution in [-0.2, 0) is 0 Å². The zero-order chi connectivity index (χ0) is 31.9. The van der Waals surface area contributed by atoms with E-state index in [0.29, 0.717) is 0 Å². The van der Waals surface area contributed by atoms with Gasteiger partial charge in [-0.25, -0.2) is 19.9 Å². The lowest BCUT2D eigenvalue weighted by Crippen LogP contribution is -1.98. The first-order chi connectivity index (χ1) is 23.8. The zero-order valence-electron chi connectivity index (χ0n) is 25.8. The quantitative estimate of drug-likeness (QED) is 0.181. The first-order valence-corrected chi connectivity index (χ1v) is 15.9. The van der Waals surface area contributed by atoms with E-state index >= 15 is 0 Å². The van der Waals surface area contributed by atoms with E-state index in [1.807, 2.05) is 60.7 Å². The third kappa shape index (κ3) is 4.95. The smallest absolute Gasteiger partial charge is 0.0979 e. The molecule has 0 spiro atoms. The molecule has 4 heterocycles. The minimum atomic E-state index is 0.812. The van der Waals surface area contributed by atoms with Crippen LogP contribution in [0.25, 0.3) is 89.1 Å². The first-order valence-electron chi connectivity index (χ1n) is 15.9. The molecule has 0 bridgehead atoms. The number of para-hydroxylation sites is 2. The minimum Gasteiger partial charge on any atom is -0.255 e. The second kappa shape index (κ2) is 11.6. The van der Waals surface area contributed by atoms with Crippen molar-refractivity contribution >= 4 is 32.8 Å². The van der Waals surface area contributed by atoms with Gasteiger partial charge in [0.15, 0.2) is 0 Å². The van der Waals surface area contributed by atoms with E-state index in [2.05, 4.69) is 102 Å². The molecule has 0 radical (unpaired) electrons. The van der Waals surface area contributed by atoms with E-state index < -0.39 is 0 Å². The maximum atomic E-state index is 5.27. The van der Waals surface area contributed by atoms with Gasteiger partial charge in [0, 0.05) is 33.7 Å². The molecule has 9 rings (SSSR count). The van der Waals surface area contributed by atoms with Crippen LogP contribution in [0.2, 0.25) is 0 Å². The van der Waals surface area contributed by atoms with Crippen LogP contribution in [0.15, 0.2) is 164 Å². The lowest BCUT2D eigenvalue weighted by molar-refractivity contribution is 1.27. The predicted octanol–water partition coefficient (Wildman–Crippen LogP) is 10.5. The van der Waals surface area contributed by atoms with E-state index in [1.165, 1.54) is 5.56 Å². The van der Waals surface area contributed by atoms with Gasteiger partial charge < -0.3 is 0 Å². The van der Waals surface area contributed by atoms with Crippen molar-refractivity contribution in [1.82, 2.24) is 24.9 Å². The van der Waals surface area contributed by atoms with E-state index in [-0.39, 0.29) is 0 Å². The van der Waals surface area contributed by atoms with Gasteiger partial charge in [0.1, 0.15) is 0 Å². The number of rotatable bonds is 5. The molecule has 0 aliphatic carbocycles. The zero-order valence-corrected chi connectivity index (χ0v) is 25.8. The van der Waals surface area contributed by atoms with Gasteiger partial charge in [-0.15, -0.1) is 0 Å². The van der Waals surface area contributed by atoms with Crippen LogP contribution in [0.1, 0.15) is 0 Å². The molecule has 0 atom stereocenters. The second-order valence-corrected chi connectivity index (χ2v) is 11.7. The molecule has 5 aromatic carbocycles. The van der Waals surface area contributed by atoms with Crippen molar-refractivity contribution in [1.29, 1.82) is 0 Å². The Kier molecular flexibility index (Phi) is 6.72. The Morgan fingerprint density at radius 1 is 0.312 bits per heavy atom. The van der Waals surface area contributed by atoms with Gasteiger partial charge in [0.05, 0.1) is 50.5 Å². The topological polar surface area (TPSA) is 64.5 Å². The molecular formula is C43H27N5. The summed E-state index contributed by atoms with van der Waals surface area (Å²) in [5, 5.41) is 2.06. The Bertz CT molecular complexity index is 2600. The van der Waals surface area contributed by atoms with E-state index in [9.17, 15) is 0 Å². The summed E-state index contributed by atoms with van der Waals surface area (Å²) >= 11 is 0. The van der Waals surface area contributed by atoms with Crippen molar-refractivity contribution in [2.45, 2.75) is 0 Å². The van der Waals surface area contributed by atoms with Gasteiger partial charge in [-0.05, 0) is 47.5 Å². The minimum absolute atomic E-state index is 0.812. The van der Waals surface area contributed by atoms with Crippen LogP contribution >= 0.6 is 0 Å². The Labute approximate surface area is 277 Å². The standard InChI is InChI=1S/C43H27N5/c1-2-10-28(11-3-1)29-17-19-30(20-18-29)42-43(48-38-16-7-6-15-37(38)46-42)34-13-5-4-12-33(34)35-25-23-31-21-22-32-24-26-39(36-14-8-9-27-44-36)47-41(32)40(31)45-35/h1-27H. The van der Waals surface area contributed by atoms with Crippen LogP contribution in [0.4, 0.5) is 0 Å². The SMILES string of the molecule is c1ccc(-c2ccc(-c3nc4ccccc4nc3-c3ccccc3-c3ccc4ccc5ccc(-c6ccccn6)nc5c4n3)cc2)cc1. The second-order valence-electron chi connectivity index (χ2n) is 11.7. The number of fused-ring (bicyclic) bond motifs is 4. The van der Waals surface area contributed by atoms with Crippen LogP contribution in [0.5, 0.6) is 0 Å². The van der Waals surface area contributed by atoms with E-state index in [1.54, 1.807) is 6.20 Å². The normalized spacial score (nSPS) is 11.3. The van der Waals surface area contributed by atoms with Gasteiger partial charge in [-0.2, -0.15) is 0 Å². The number of benzene rings is 5. The van der Waals surface area contributed by atoms with Crippen molar-refractivity contribution in [2.24, 2.45) is 0 Å². The molecule has 9 aromatic rings. The largest absolute Gasteiger partial charge is 0.255 e. The summed E-state index contributed by atoms with van der Waals surface area (Å²) in [7, 11) is 0. The monoisotopic (exact) mass is 613 g/mol. The predicted molar refractivity (Wildman–Crippen MR) is 195 cm³/mol. The van der Waals surface area contributed by atoms with Gasteiger partial charge in [-0.3, -0.25) is 4.98 Å². The Morgan fingerprint density at radius 2 is 0.854 bits per heavy atom. The maximum Gasteiger partial charge on any atom is 0.0979 e. The first kappa shape index (κ1) is 27.7. The molecule has 0 aliphatic heterocycles. The van der Waals surface area contributed by atoms with E-state index in [0.717, 1.165) is 83.6 Å². The third-order valence-electron chi connectivity index (χ3n) is 8.74. The highest BCUT2D eigenvalue weighted by Gasteiger charge is 2.18. The molecule has 0 N–H and O–H groups in total. The van der Waals surface area contributed by atoms with Gasteiger partial charge in [0.2, 0.25) is 0 Å². The fraction of sp³-hybridized carbons (Fsp3) is 0. The highest BCUT2D eigenvalue weighted by atomic mass is 14.8. The average Bonchev–Trinajstić information content (AvgIpc) is 3.17.